The molecule has 0 aliphatic carbocycles. The van der Waals surface area contributed by atoms with Crippen LogP contribution in [0.2, 0.25) is 0 Å². The molecule has 10 heteroatoms. The van der Waals surface area contributed by atoms with E-state index in [4.69, 9.17) is 26.4 Å². The zero-order valence-corrected chi connectivity index (χ0v) is 35.0. The lowest BCUT2D eigenvalue weighted by atomic mass is 9.75. The molecule has 0 spiro atoms. The maximum absolute atomic E-state index is 15.2. The molecule has 3 rings (SSSR count). The molecule has 1 aliphatic rings. The van der Waals surface area contributed by atoms with E-state index in [1.54, 1.807) is 32.9 Å². The second kappa shape index (κ2) is 21.4. The minimum atomic E-state index is -2.64. The summed E-state index contributed by atoms with van der Waals surface area (Å²) in [6, 6.07) is 18.6. The van der Waals surface area contributed by atoms with Gasteiger partial charge in [-0.05, 0) is 64.6 Å². The molecule has 0 radical (unpaired) electrons. The average Bonchev–Trinajstić information content (AvgIpc) is 3.47. The number of ether oxygens (including phenoxy) is 3. The maximum atomic E-state index is 15.2. The van der Waals surface area contributed by atoms with Crippen LogP contribution in [0.3, 0.4) is 0 Å². The van der Waals surface area contributed by atoms with Gasteiger partial charge in [-0.2, -0.15) is 0 Å². The molecule has 0 bridgehead atoms. The fourth-order valence-corrected chi connectivity index (χ4v) is 7.82. The fourth-order valence-electron chi connectivity index (χ4n) is 7.48. The lowest BCUT2D eigenvalue weighted by Crippen LogP contribution is -2.58. The molecular formula is C45H65F2NO6S. The Kier molecular flexibility index (Phi) is 17.9. The lowest BCUT2D eigenvalue weighted by Gasteiger charge is -2.40. The Labute approximate surface area is 334 Å². The highest BCUT2D eigenvalue weighted by Gasteiger charge is 2.60. The molecule has 1 heterocycles. The predicted molar refractivity (Wildman–Crippen MR) is 219 cm³/mol. The molecule has 1 N–H and O–H groups in total. The number of esters is 1. The number of hydrogen-bond acceptors (Lipinski definition) is 7. The maximum Gasteiger partial charge on any atom is 0.339 e. The van der Waals surface area contributed by atoms with Crippen molar-refractivity contribution in [3.05, 3.63) is 83.9 Å². The summed E-state index contributed by atoms with van der Waals surface area (Å²) in [7, 11) is 1.46. The number of thiocarbonyl (C=S) groups is 1. The normalized spacial score (nSPS) is 17.7. The summed E-state index contributed by atoms with van der Waals surface area (Å²) in [6.07, 6.45) is 10.6. The molecule has 1 amide bonds. The zero-order valence-electron chi connectivity index (χ0n) is 34.2. The first-order valence-corrected chi connectivity index (χ1v) is 20.6. The second-order valence-electron chi connectivity index (χ2n) is 16.3. The summed E-state index contributed by atoms with van der Waals surface area (Å²) in [5, 5.41) is 12.3. The molecule has 55 heavy (non-hydrogen) atoms. The number of aliphatic hydroxyl groups is 1. The van der Waals surface area contributed by atoms with Gasteiger partial charge in [0, 0.05) is 44.1 Å². The number of carbonyl (C=O) groups excluding carboxylic acids is 2. The summed E-state index contributed by atoms with van der Waals surface area (Å²) in [6.45, 7) is 11.2. The highest BCUT2D eigenvalue weighted by atomic mass is 32.1. The smallest absolute Gasteiger partial charge is 0.339 e. The number of nitrogens with zero attached hydrogens (tertiary/aromatic N) is 1. The standard InChI is InChI=1S/C45H65F2NO6S/c1-8-9-10-14-23-30-43(46,47)31-24-15-12-11-13-22-29-37(44(51,32-33-52-7)40(50)53-42(4,5)6)39(49)48-38(34(2)3)45(54-41(48)55,35-25-18-16-19-26-35)36-27-20-17-21-28-36/h16-22,25-29,34,37-38,51H,8-15,23-24,30-33H2,1-7H3/b29-22+/t37-,38+,44+/m1/s1. The zero-order chi connectivity index (χ0) is 40.7. The van der Waals surface area contributed by atoms with Crippen molar-refractivity contribution in [1.29, 1.82) is 0 Å². The van der Waals surface area contributed by atoms with E-state index in [0.29, 0.717) is 32.1 Å². The van der Waals surface area contributed by atoms with Crippen molar-refractivity contribution < 1.29 is 37.7 Å². The van der Waals surface area contributed by atoms with Crippen LogP contribution in [0.4, 0.5) is 8.78 Å². The molecule has 0 saturated carbocycles. The van der Waals surface area contributed by atoms with Crippen LogP contribution in [0.25, 0.3) is 0 Å². The van der Waals surface area contributed by atoms with Crippen LogP contribution < -0.4 is 0 Å². The van der Waals surface area contributed by atoms with Gasteiger partial charge in [0.05, 0.1) is 12.0 Å². The van der Waals surface area contributed by atoms with Gasteiger partial charge in [-0.1, -0.05) is 132 Å². The van der Waals surface area contributed by atoms with Crippen LogP contribution >= 0.6 is 12.2 Å². The SMILES string of the molecule is CCCCCCCC(F)(F)CCCCCC/C=C/[C@H](C(=O)N1C(=S)OC(c2ccccc2)(c2ccccc2)[C@@H]1C(C)C)[C@@](O)(CCOC)C(=O)OC(C)(C)C. The lowest BCUT2D eigenvalue weighted by molar-refractivity contribution is -0.186. The average molecular weight is 786 g/mol. The third-order valence-electron chi connectivity index (χ3n) is 10.3. The van der Waals surface area contributed by atoms with E-state index in [-0.39, 0.29) is 37.0 Å². The molecule has 1 fully saturated rings. The van der Waals surface area contributed by atoms with E-state index in [1.807, 2.05) is 74.5 Å². The van der Waals surface area contributed by atoms with Gasteiger partial charge < -0.3 is 19.3 Å². The predicted octanol–water partition coefficient (Wildman–Crippen LogP) is 10.7. The topological polar surface area (TPSA) is 85.3 Å². The number of allylic oxidation sites excluding steroid dienone is 1. The molecule has 2 aromatic rings. The van der Waals surface area contributed by atoms with Crippen molar-refractivity contribution in [1.82, 2.24) is 4.90 Å². The number of hydrogen-bond donors (Lipinski definition) is 1. The summed E-state index contributed by atoms with van der Waals surface area (Å²) < 4.78 is 46.6. The Morgan fingerprint density at radius 2 is 1.42 bits per heavy atom. The fraction of sp³-hybridized carbons (Fsp3) is 0.622. The summed E-state index contributed by atoms with van der Waals surface area (Å²) in [5.41, 5.74) is -2.85. The van der Waals surface area contributed by atoms with Gasteiger partial charge in [0.15, 0.2) is 11.2 Å². The summed E-state index contributed by atoms with van der Waals surface area (Å²) in [5.74, 6) is -5.80. The number of rotatable bonds is 23. The highest BCUT2D eigenvalue weighted by molar-refractivity contribution is 7.80. The van der Waals surface area contributed by atoms with Gasteiger partial charge in [0.1, 0.15) is 5.60 Å². The van der Waals surface area contributed by atoms with Gasteiger partial charge in [-0.15, -0.1) is 0 Å². The van der Waals surface area contributed by atoms with Crippen LogP contribution in [-0.4, -0.2) is 63.9 Å². The molecule has 0 aromatic heterocycles. The third kappa shape index (κ3) is 12.6. The van der Waals surface area contributed by atoms with Crippen molar-refractivity contribution >= 4 is 29.3 Å². The first-order chi connectivity index (χ1) is 26.0. The van der Waals surface area contributed by atoms with Crippen LogP contribution in [0.15, 0.2) is 72.8 Å². The first-order valence-electron chi connectivity index (χ1n) is 20.2. The van der Waals surface area contributed by atoms with Crippen LogP contribution in [-0.2, 0) is 29.4 Å². The van der Waals surface area contributed by atoms with E-state index in [9.17, 15) is 18.7 Å². The number of amides is 1. The molecule has 306 valence electrons. The first kappa shape index (κ1) is 46.2. The van der Waals surface area contributed by atoms with Crippen molar-refractivity contribution in [2.75, 3.05) is 13.7 Å². The van der Waals surface area contributed by atoms with Crippen LogP contribution in [0.1, 0.15) is 136 Å². The van der Waals surface area contributed by atoms with Crippen molar-refractivity contribution in [2.45, 2.75) is 154 Å². The number of unbranched alkanes of at least 4 members (excludes halogenated alkanes) is 8. The summed E-state index contributed by atoms with van der Waals surface area (Å²) in [4.78, 5) is 30.5. The van der Waals surface area contributed by atoms with Crippen molar-refractivity contribution in [3.8, 4) is 0 Å². The number of methoxy groups -OCH3 is 1. The third-order valence-corrected chi connectivity index (χ3v) is 10.6. The van der Waals surface area contributed by atoms with Gasteiger partial charge >= 0.3 is 5.97 Å². The van der Waals surface area contributed by atoms with Crippen LogP contribution in [0.5, 0.6) is 0 Å². The summed E-state index contributed by atoms with van der Waals surface area (Å²) >= 11 is 5.89. The Bertz CT molecular complexity index is 1470. The Hall–Kier alpha value is -3.21. The minimum Gasteiger partial charge on any atom is -0.458 e. The second-order valence-corrected chi connectivity index (χ2v) is 16.6. The minimum absolute atomic E-state index is 0.0245. The molecule has 3 atom stereocenters. The molecule has 1 saturated heterocycles. The number of carbonyl (C=O) groups is 2. The number of benzene rings is 2. The Balaban J connectivity index is 1.92. The van der Waals surface area contributed by atoms with E-state index < -0.39 is 46.6 Å². The van der Waals surface area contributed by atoms with E-state index in [2.05, 4.69) is 6.92 Å². The molecule has 2 aromatic carbocycles. The largest absolute Gasteiger partial charge is 0.458 e. The van der Waals surface area contributed by atoms with Crippen molar-refractivity contribution in [2.24, 2.45) is 11.8 Å². The van der Waals surface area contributed by atoms with E-state index in [0.717, 1.165) is 43.2 Å². The number of halogens is 2. The Morgan fingerprint density at radius 1 is 0.891 bits per heavy atom. The van der Waals surface area contributed by atoms with E-state index >= 15 is 4.79 Å². The monoisotopic (exact) mass is 785 g/mol. The highest BCUT2D eigenvalue weighted by Crippen LogP contribution is 2.48. The van der Waals surface area contributed by atoms with Gasteiger partial charge in [-0.3, -0.25) is 9.69 Å². The molecular weight excluding hydrogens is 721 g/mol. The quantitative estimate of drug-likeness (QED) is 0.0520. The van der Waals surface area contributed by atoms with E-state index in [1.165, 1.54) is 12.0 Å². The molecule has 7 nitrogen and oxygen atoms in total. The van der Waals surface area contributed by atoms with Gasteiger partial charge in [0.2, 0.25) is 11.8 Å². The van der Waals surface area contributed by atoms with Crippen LogP contribution in [0, 0.1) is 11.8 Å². The van der Waals surface area contributed by atoms with Crippen molar-refractivity contribution in [3.63, 3.8) is 0 Å². The van der Waals surface area contributed by atoms with Gasteiger partial charge in [0.25, 0.3) is 5.17 Å². The molecule has 0 unspecified atom stereocenters. The number of alkyl halides is 2. The molecule has 1 aliphatic heterocycles. The Morgan fingerprint density at radius 3 is 1.91 bits per heavy atom. The van der Waals surface area contributed by atoms with Gasteiger partial charge in [-0.25, -0.2) is 13.6 Å².